The predicted octanol–water partition coefficient (Wildman–Crippen LogP) is 2.92. The van der Waals surface area contributed by atoms with E-state index < -0.39 is 5.60 Å². The van der Waals surface area contributed by atoms with Gasteiger partial charge in [-0.3, -0.25) is 0 Å². The summed E-state index contributed by atoms with van der Waals surface area (Å²) >= 11 is 0. The molecule has 6 nitrogen and oxygen atoms in total. The van der Waals surface area contributed by atoms with Crippen LogP contribution < -0.4 is 5.32 Å². The first-order chi connectivity index (χ1) is 11.7. The highest BCUT2D eigenvalue weighted by Crippen LogP contribution is 2.23. The Morgan fingerprint density at radius 1 is 1.32 bits per heavy atom. The highest BCUT2D eigenvalue weighted by Gasteiger charge is 2.28. The molecule has 1 saturated heterocycles. The molecule has 0 aliphatic carbocycles. The topological polar surface area (TPSA) is 67.9 Å². The van der Waals surface area contributed by atoms with Crippen molar-refractivity contribution in [3.05, 3.63) is 34.9 Å². The van der Waals surface area contributed by atoms with Gasteiger partial charge in [-0.1, -0.05) is 19.1 Å². The molecule has 2 rings (SSSR count). The zero-order valence-electron chi connectivity index (χ0n) is 15.7. The molecule has 1 atom stereocenters. The van der Waals surface area contributed by atoms with Gasteiger partial charge in [-0.2, -0.15) is 0 Å². The number of esters is 1. The van der Waals surface area contributed by atoms with Gasteiger partial charge in [0.05, 0.1) is 18.7 Å². The standard InChI is InChI=1S/C19H28N2O4/c1-6-13-11-14(7-8-15(13)17(22)24-5)16-12-21(10-9-20-16)18(23)25-19(2,3)4/h7-8,11,16,20H,6,9-10,12H2,1-5H3. The number of hydrogen-bond acceptors (Lipinski definition) is 5. The number of ether oxygens (including phenoxy) is 2. The monoisotopic (exact) mass is 348 g/mol. The molecule has 138 valence electrons. The molecule has 6 heteroatoms. The molecule has 1 N–H and O–H groups in total. The van der Waals surface area contributed by atoms with Crippen LogP contribution in [0, 0.1) is 0 Å². The van der Waals surface area contributed by atoms with Crippen LogP contribution in [0.3, 0.4) is 0 Å². The van der Waals surface area contributed by atoms with E-state index in [2.05, 4.69) is 5.32 Å². The van der Waals surface area contributed by atoms with E-state index in [1.54, 1.807) is 11.0 Å². The van der Waals surface area contributed by atoms with Crippen molar-refractivity contribution in [3.63, 3.8) is 0 Å². The van der Waals surface area contributed by atoms with Crippen LogP contribution in [0.4, 0.5) is 4.79 Å². The summed E-state index contributed by atoms with van der Waals surface area (Å²) in [5.74, 6) is -0.324. The molecule has 0 saturated carbocycles. The van der Waals surface area contributed by atoms with Gasteiger partial charge >= 0.3 is 12.1 Å². The molecular formula is C19H28N2O4. The van der Waals surface area contributed by atoms with Gasteiger partial charge in [0.1, 0.15) is 5.60 Å². The second-order valence-corrected chi connectivity index (χ2v) is 7.19. The van der Waals surface area contributed by atoms with Gasteiger partial charge in [0.2, 0.25) is 0 Å². The zero-order valence-corrected chi connectivity index (χ0v) is 15.7. The minimum absolute atomic E-state index is 0.0123. The van der Waals surface area contributed by atoms with E-state index >= 15 is 0 Å². The predicted molar refractivity (Wildman–Crippen MR) is 95.7 cm³/mol. The van der Waals surface area contributed by atoms with E-state index in [-0.39, 0.29) is 18.1 Å². The van der Waals surface area contributed by atoms with Crippen LogP contribution in [0.15, 0.2) is 18.2 Å². The van der Waals surface area contributed by atoms with Crippen molar-refractivity contribution in [1.29, 1.82) is 0 Å². The lowest BCUT2D eigenvalue weighted by Crippen LogP contribution is -2.49. The van der Waals surface area contributed by atoms with Crippen molar-refractivity contribution in [2.75, 3.05) is 26.7 Å². The quantitative estimate of drug-likeness (QED) is 0.851. The van der Waals surface area contributed by atoms with Gasteiger partial charge in [0, 0.05) is 19.6 Å². The molecule has 1 fully saturated rings. The number of methoxy groups -OCH3 is 1. The van der Waals surface area contributed by atoms with Crippen molar-refractivity contribution in [2.45, 2.75) is 45.8 Å². The molecule has 1 aromatic carbocycles. The first kappa shape index (κ1) is 19.2. The van der Waals surface area contributed by atoms with Crippen molar-refractivity contribution in [2.24, 2.45) is 0 Å². The molecule has 1 aliphatic rings. The number of hydrogen-bond donors (Lipinski definition) is 1. The lowest BCUT2D eigenvalue weighted by molar-refractivity contribution is 0.0195. The van der Waals surface area contributed by atoms with Crippen LogP contribution in [0.2, 0.25) is 0 Å². The highest BCUT2D eigenvalue weighted by molar-refractivity contribution is 5.91. The molecule has 0 radical (unpaired) electrons. The fourth-order valence-corrected chi connectivity index (χ4v) is 2.90. The molecule has 1 aliphatic heterocycles. The van der Waals surface area contributed by atoms with E-state index in [1.807, 2.05) is 39.8 Å². The van der Waals surface area contributed by atoms with Crippen LogP contribution in [-0.4, -0.2) is 49.3 Å². The van der Waals surface area contributed by atoms with Crippen LogP contribution >= 0.6 is 0 Å². The van der Waals surface area contributed by atoms with Crippen LogP contribution in [0.5, 0.6) is 0 Å². The summed E-state index contributed by atoms with van der Waals surface area (Å²) in [4.78, 5) is 25.9. The van der Waals surface area contributed by atoms with Crippen LogP contribution in [0.25, 0.3) is 0 Å². The van der Waals surface area contributed by atoms with Crippen molar-refractivity contribution >= 4 is 12.1 Å². The van der Waals surface area contributed by atoms with E-state index in [0.29, 0.717) is 25.2 Å². The summed E-state index contributed by atoms with van der Waals surface area (Å²) in [6.45, 7) is 9.45. The molecule has 0 spiro atoms. The Balaban J connectivity index is 2.15. The molecule has 1 heterocycles. The van der Waals surface area contributed by atoms with Crippen molar-refractivity contribution in [1.82, 2.24) is 10.2 Å². The van der Waals surface area contributed by atoms with E-state index in [9.17, 15) is 9.59 Å². The maximum Gasteiger partial charge on any atom is 0.410 e. The van der Waals surface area contributed by atoms with E-state index in [0.717, 1.165) is 17.5 Å². The molecular weight excluding hydrogens is 320 g/mol. The van der Waals surface area contributed by atoms with Gasteiger partial charge in [-0.05, 0) is 44.4 Å². The third-order valence-corrected chi connectivity index (χ3v) is 4.14. The Morgan fingerprint density at radius 2 is 2.04 bits per heavy atom. The number of rotatable bonds is 3. The number of carbonyl (C=O) groups excluding carboxylic acids is 2. The number of piperazine rings is 1. The third kappa shape index (κ3) is 4.95. The maximum absolute atomic E-state index is 12.3. The van der Waals surface area contributed by atoms with Crippen LogP contribution in [0.1, 0.15) is 55.2 Å². The number of nitrogens with one attached hydrogen (secondary N) is 1. The summed E-state index contributed by atoms with van der Waals surface area (Å²) in [5.41, 5.74) is 2.08. The van der Waals surface area contributed by atoms with E-state index in [1.165, 1.54) is 7.11 Å². The Hall–Kier alpha value is -2.08. The minimum atomic E-state index is -0.505. The lowest BCUT2D eigenvalue weighted by Gasteiger charge is -2.35. The fourth-order valence-electron chi connectivity index (χ4n) is 2.90. The summed E-state index contributed by atoms with van der Waals surface area (Å²) in [7, 11) is 1.39. The molecule has 0 aromatic heterocycles. The lowest BCUT2D eigenvalue weighted by atomic mass is 9.97. The fraction of sp³-hybridized carbons (Fsp3) is 0.579. The second kappa shape index (κ2) is 7.87. The number of nitrogens with zero attached hydrogens (tertiary/aromatic N) is 1. The molecule has 0 bridgehead atoms. The largest absolute Gasteiger partial charge is 0.465 e. The first-order valence-corrected chi connectivity index (χ1v) is 8.67. The SMILES string of the molecule is CCc1cc(C2CN(C(=O)OC(C)(C)C)CCN2)ccc1C(=O)OC. The van der Waals surface area contributed by atoms with Crippen LogP contribution in [-0.2, 0) is 15.9 Å². The number of aryl methyl sites for hydroxylation is 1. The second-order valence-electron chi connectivity index (χ2n) is 7.19. The van der Waals surface area contributed by atoms with Crippen molar-refractivity contribution in [3.8, 4) is 0 Å². The average Bonchev–Trinajstić information content (AvgIpc) is 2.59. The summed E-state index contributed by atoms with van der Waals surface area (Å²) in [6.07, 6.45) is 0.446. The minimum Gasteiger partial charge on any atom is -0.465 e. The first-order valence-electron chi connectivity index (χ1n) is 8.67. The zero-order chi connectivity index (χ0) is 18.6. The number of amides is 1. The Kier molecular flexibility index (Phi) is 6.06. The van der Waals surface area contributed by atoms with Gasteiger partial charge in [-0.15, -0.1) is 0 Å². The van der Waals surface area contributed by atoms with Gasteiger partial charge in [0.25, 0.3) is 0 Å². The molecule has 1 amide bonds. The van der Waals surface area contributed by atoms with Gasteiger partial charge in [-0.25, -0.2) is 9.59 Å². The highest BCUT2D eigenvalue weighted by atomic mass is 16.6. The third-order valence-electron chi connectivity index (χ3n) is 4.14. The van der Waals surface area contributed by atoms with Gasteiger partial charge < -0.3 is 19.7 Å². The van der Waals surface area contributed by atoms with Crippen molar-refractivity contribution < 1.29 is 19.1 Å². The summed E-state index contributed by atoms with van der Waals surface area (Å²) in [6, 6.07) is 5.75. The smallest absolute Gasteiger partial charge is 0.410 e. The van der Waals surface area contributed by atoms with E-state index in [4.69, 9.17) is 9.47 Å². The maximum atomic E-state index is 12.3. The average molecular weight is 348 g/mol. The Labute approximate surface area is 149 Å². The van der Waals surface area contributed by atoms with Gasteiger partial charge in [0.15, 0.2) is 0 Å². The summed E-state index contributed by atoms with van der Waals surface area (Å²) < 4.78 is 10.3. The normalized spacial score (nSPS) is 18.0. The molecule has 1 aromatic rings. The Bertz CT molecular complexity index is 637. The molecule has 25 heavy (non-hydrogen) atoms. The molecule has 1 unspecified atom stereocenters. The number of carbonyl (C=O) groups is 2. The Morgan fingerprint density at radius 3 is 2.64 bits per heavy atom. The summed E-state index contributed by atoms with van der Waals surface area (Å²) in [5, 5.41) is 3.43. The number of benzene rings is 1.